The normalized spacial score (nSPS) is 18.3. The summed E-state index contributed by atoms with van der Waals surface area (Å²) in [6.45, 7) is 5.91. The Morgan fingerprint density at radius 3 is 2.62 bits per heavy atom. The number of rotatable bonds is 6. The number of nitrogens with one attached hydrogen (secondary N) is 1. The summed E-state index contributed by atoms with van der Waals surface area (Å²) in [4.78, 5) is 6.11. The van der Waals surface area contributed by atoms with Crippen molar-refractivity contribution in [3.63, 3.8) is 0 Å². The molecule has 1 aromatic rings. The van der Waals surface area contributed by atoms with Crippen LogP contribution in [0.5, 0.6) is 0 Å². The van der Waals surface area contributed by atoms with Gasteiger partial charge < -0.3 is 16.0 Å². The summed E-state index contributed by atoms with van der Waals surface area (Å²) < 4.78 is 0. The van der Waals surface area contributed by atoms with Gasteiger partial charge in [-0.3, -0.25) is 4.99 Å². The average Bonchev–Trinajstić information content (AvgIpc) is 2.64. The van der Waals surface area contributed by atoms with Gasteiger partial charge in [-0.2, -0.15) is 0 Å². The number of nitrogens with two attached hydrogens (primary N) is 1. The molecule has 26 heavy (non-hydrogen) atoms. The van der Waals surface area contributed by atoms with Crippen molar-refractivity contribution in [1.29, 1.82) is 0 Å². The molecule has 0 aromatic heterocycles. The summed E-state index contributed by atoms with van der Waals surface area (Å²) in [5.41, 5.74) is 12.7. The van der Waals surface area contributed by atoms with Gasteiger partial charge in [-0.15, -0.1) is 0 Å². The molecule has 1 aromatic carbocycles. The van der Waals surface area contributed by atoms with E-state index in [1.807, 2.05) is 50.4 Å². The molecule has 2 rings (SSSR count). The maximum Gasteiger partial charge on any atom is 0.101 e. The van der Waals surface area contributed by atoms with E-state index >= 15 is 0 Å². The lowest BCUT2D eigenvalue weighted by atomic mass is 9.97. The van der Waals surface area contributed by atoms with Crippen LogP contribution in [0.1, 0.15) is 18.1 Å². The van der Waals surface area contributed by atoms with Gasteiger partial charge in [0, 0.05) is 39.3 Å². The van der Waals surface area contributed by atoms with E-state index in [1.54, 1.807) is 7.05 Å². The number of hydrogen-bond donors (Lipinski definition) is 2. The van der Waals surface area contributed by atoms with Crippen molar-refractivity contribution in [2.45, 2.75) is 13.1 Å². The van der Waals surface area contributed by atoms with Crippen LogP contribution in [0, 0.1) is 0 Å². The monoisotopic (exact) mass is 348 g/mol. The maximum absolute atomic E-state index is 6.35. The van der Waals surface area contributed by atoms with Crippen molar-refractivity contribution in [3.05, 3.63) is 83.6 Å². The maximum atomic E-state index is 6.35. The molecule has 1 atom stereocenters. The minimum atomic E-state index is -0.279. The first-order valence-electron chi connectivity index (χ1n) is 8.64. The van der Waals surface area contributed by atoms with Crippen LogP contribution in [-0.2, 0) is 0 Å². The zero-order valence-corrected chi connectivity index (χ0v) is 16.0. The number of nitrogens with zero attached hydrogens (tertiary/aromatic N) is 2. The van der Waals surface area contributed by atoms with Crippen molar-refractivity contribution in [2.24, 2.45) is 10.7 Å². The van der Waals surface area contributed by atoms with Crippen LogP contribution in [-0.4, -0.2) is 38.4 Å². The minimum absolute atomic E-state index is 0.279. The Balaban J connectivity index is 2.38. The topological polar surface area (TPSA) is 53.6 Å². The Hall–Kier alpha value is -2.85. The van der Waals surface area contributed by atoms with Crippen LogP contribution in [0.3, 0.4) is 0 Å². The first-order chi connectivity index (χ1) is 12.5. The lowest BCUT2D eigenvalue weighted by Crippen LogP contribution is -2.40. The molecule has 0 spiro atoms. The highest BCUT2D eigenvalue weighted by molar-refractivity contribution is 5.86. The SMILES string of the molecule is C=C/C(=C\N(C)C)c1cccc(C2=CC=C(/C(C=NC)=C/C)C(N)N2)c1. The number of aliphatic imine (C=N–C) groups is 1. The third-order valence-corrected chi connectivity index (χ3v) is 4.11. The third kappa shape index (κ3) is 4.61. The first-order valence-corrected chi connectivity index (χ1v) is 8.64. The minimum Gasteiger partial charge on any atom is -0.383 e. The largest absolute Gasteiger partial charge is 0.383 e. The van der Waals surface area contributed by atoms with Gasteiger partial charge in [0.2, 0.25) is 0 Å². The fourth-order valence-corrected chi connectivity index (χ4v) is 2.87. The van der Waals surface area contributed by atoms with Crippen LogP contribution >= 0.6 is 0 Å². The van der Waals surface area contributed by atoms with Gasteiger partial charge in [-0.05, 0) is 46.9 Å². The van der Waals surface area contributed by atoms with Gasteiger partial charge in [-0.1, -0.05) is 43.0 Å². The van der Waals surface area contributed by atoms with Gasteiger partial charge in [-0.25, -0.2) is 0 Å². The summed E-state index contributed by atoms with van der Waals surface area (Å²) in [5.74, 6) is 0. The number of allylic oxidation sites excluding steroid dienone is 5. The van der Waals surface area contributed by atoms with Gasteiger partial charge in [0.05, 0.1) is 0 Å². The lowest BCUT2D eigenvalue weighted by Gasteiger charge is -2.25. The van der Waals surface area contributed by atoms with Crippen molar-refractivity contribution in [1.82, 2.24) is 10.2 Å². The van der Waals surface area contributed by atoms with E-state index in [1.165, 1.54) is 0 Å². The standard InChI is InChI=1S/C22H28N4/c1-6-16(14-24-3)20-11-12-21(25-22(20)23)19-10-8-9-18(13-19)17(7-2)15-26(4)5/h6-15,22,25H,2,23H2,1,3-5H3/b16-6+,17-15+,24-14?. The molecule has 0 amide bonds. The van der Waals surface area contributed by atoms with Crippen molar-refractivity contribution < 1.29 is 0 Å². The van der Waals surface area contributed by atoms with Gasteiger partial charge in [0.15, 0.2) is 0 Å². The number of benzene rings is 1. The zero-order valence-electron chi connectivity index (χ0n) is 16.0. The summed E-state index contributed by atoms with van der Waals surface area (Å²) >= 11 is 0. The molecule has 1 unspecified atom stereocenters. The molecule has 0 fully saturated rings. The molecule has 0 radical (unpaired) electrons. The second-order valence-corrected chi connectivity index (χ2v) is 6.29. The molecule has 136 valence electrons. The van der Waals surface area contributed by atoms with Crippen LogP contribution in [0.15, 0.2) is 77.5 Å². The molecule has 0 aliphatic carbocycles. The van der Waals surface area contributed by atoms with Crippen LogP contribution in [0.2, 0.25) is 0 Å². The Labute approximate surface area is 156 Å². The predicted octanol–water partition coefficient (Wildman–Crippen LogP) is 3.58. The quantitative estimate of drug-likeness (QED) is 0.610. The molecule has 3 N–H and O–H groups in total. The van der Waals surface area contributed by atoms with Crippen molar-refractivity contribution in [3.8, 4) is 0 Å². The van der Waals surface area contributed by atoms with Crippen LogP contribution < -0.4 is 11.1 Å². The fourth-order valence-electron chi connectivity index (χ4n) is 2.87. The Morgan fingerprint density at radius 2 is 2.04 bits per heavy atom. The highest BCUT2D eigenvalue weighted by atomic mass is 15.0. The molecule has 0 bridgehead atoms. The summed E-state index contributed by atoms with van der Waals surface area (Å²) in [6, 6.07) is 8.35. The Bertz CT molecular complexity index is 807. The van der Waals surface area contributed by atoms with Gasteiger partial charge >= 0.3 is 0 Å². The predicted molar refractivity (Wildman–Crippen MR) is 114 cm³/mol. The van der Waals surface area contributed by atoms with E-state index in [4.69, 9.17) is 5.73 Å². The summed E-state index contributed by atoms with van der Waals surface area (Å²) in [5, 5.41) is 3.39. The Morgan fingerprint density at radius 1 is 1.27 bits per heavy atom. The fraction of sp³-hybridized carbons (Fsp3) is 0.227. The lowest BCUT2D eigenvalue weighted by molar-refractivity contribution is 0.566. The summed E-state index contributed by atoms with van der Waals surface area (Å²) in [7, 11) is 5.77. The van der Waals surface area contributed by atoms with E-state index < -0.39 is 0 Å². The molecule has 1 aliphatic heterocycles. The van der Waals surface area contributed by atoms with Gasteiger partial charge in [0.25, 0.3) is 0 Å². The zero-order chi connectivity index (χ0) is 19.1. The van der Waals surface area contributed by atoms with E-state index in [-0.39, 0.29) is 6.17 Å². The molecule has 0 saturated carbocycles. The highest BCUT2D eigenvalue weighted by Crippen LogP contribution is 2.24. The molecule has 1 aliphatic rings. The molecular formula is C22H28N4. The molecule has 1 heterocycles. The van der Waals surface area contributed by atoms with Crippen LogP contribution in [0.25, 0.3) is 11.3 Å². The first kappa shape index (κ1) is 19.5. The number of hydrogen-bond acceptors (Lipinski definition) is 4. The molecule has 4 heteroatoms. The molecule has 4 nitrogen and oxygen atoms in total. The van der Waals surface area contributed by atoms with E-state index in [0.29, 0.717) is 0 Å². The highest BCUT2D eigenvalue weighted by Gasteiger charge is 2.17. The van der Waals surface area contributed by atoms with Crippen molar-refractivity contribution >= 4 is 17.5 Å². The van der Waals surface area contributed by atoms with Crippen molar-refractivity contribution in [2.75, 3.05) is 21.1 Å². The van der Waals surface area contributed by atoms with E-state index in [0.717, 1.165) is 33.5 Å². The second kappa shape index (κ2) is 9.02. The number of dihydropyridines is 1. The van der Waals surface area contributed by atoms with E-state index in [9.17, 15) is 0 Å². The average molecular weight is 348 g/mol. The Kier molecular flexibility index (Phi) is 6.75. The smallest absolute Gasteiger partial charge is 0.101 e. The summed E-state index contributed by atoms with van der Waals surface area (Å²) in [6.07, 6.45) is 11.6. The second-order valence-electron chi connectivity index (χ2n) is 6.29. The van der Waals surface area contributed by atoms with Crippen LogP contribution in [0.4, 0.5) is 0 Å². The van der Waals surface area contributed by atoms with E-state index in [2.05, 4.69) is 53.4 Å². The molecule has 0 saturated heterocycles. The van der Waals surface area contributed by atoms with Gasteiger partial charge in [0.1, 0.15) is 6.17 Å². The molecular weight excluding hydrogens is 320 g/mol. The third-order valence-electron chi connectivity index (χ3n) is 4.11.